The summed E-state index contributed by atoms with van der Waals surface area (Å²) < 4.78 is 0.949. The first-order valence-electron chi connectivity index (χ1n) is 6.56. The minimum Gasteiger partial charge on any atom is -0.309 e. The van der Waals surface area contributed by atoms with Crippen molar-refractivity contribution in [3.8, 4) is 0 Å². The second-order valence-electron chi connectivity index (χ2n) is 5.46. The summed E-state index contributed by atoms with van der Waals surface area (Å²) in [7, 11) is 0. The van der Waals surface area contributed by atoms with E-state index in [1.165, 1.54) is 36.1 Å². The minimum atomic E-state index is 0.413. The number of rotatable bonds is 4. The van der Waals surface area contributed by atoms with Crippen molar-refractivity contribution in [2.75, 3.05) is 6.54 Å². The zero-order valence-corrected chi connectivity index (χ0v) is 12.5. The Kier molecular flexibility index (Phi) is 4.17. The average Bonchev–Trinajstić information content (AvgIpc) is 2.84. The van der Waals surface area contributed by atoms with Gasteiger partial charge in [-0.05, 0) is 43.4 Å². The van der Waals surface area contributed by atoms with E-state index in [-0.39, 0.29) is 0 Å². The molecule has 0 aliphatic heterocycles. The van der Waals surface area contributed by atoms with E-state index in [4.69, 9.17) is 11.6 Å². The Labute approximate surface area is 114 Å². The predicted octanol–water partition coefficient (Wildman–Crippen LogP) is 4.94. The molecule has 1 aromatic heterocycles. The number of halogens is 1. The number of aryl methyl sites for hydroxylation is 1. The van der Waals surface area contributed by atoms with Gasteiger partial charge in [0, 0.05) is 10.9 Å². The van der Waals surface area contributed by atoms with Gasteiger partial charge < -0.3 is 5.32 Å². The van der Waals surface area contributed by atoms with E-state index < -0.39 is 0 Å². The highest BCUT2D eigenvalue weighted by Crippen LogP contribution is 2.49. The maximum absolute atomic E-state index is 6.22. The lowest BCUT2D eigenvalue weighted by Gasteiger charge is -2.34. The van der Waals surface area contributed by atoms with Crippen LogP contribution < -0.4 is 5.32 Å². The molecule has 1 aliphatic rings. The van der Waals surface area contributed by atoms with Crippen LogP contribution in [0.15, 0.2) is 6.07 Å². The average molecular weight is 272 g/mol. The molecule has 0 spiro atoms. The third-order valence-corrected chi connectivity index (χ3v) is 5.63. The molecule has 0 saturated heterocycles. The standard InChI is InChI=1S/C14H22ClNS/c1-4-16-12(14(3)7-5-6-8-14)11-9-10(2)13(15)17-11/h9,12,16H,4-8H2,1-3H3. The summed E-state index contributed by atoms with van der Waals surface area (Å²) >= 11 is 7.97. The molecular weight excluding hydrogens is 250 g/mol. The van der Waals surface area contributed by atoms with Crippen molar-refractivity contribution in [2.45, 2.75) is 52.5 Å². The fourth-order valence-electron chi connectivity index (χ4n) is 2.99. The van der Waals surface area contributed by atoms with Gasteiger partial charge in [0.1, 0.15) is 0 Å². The molecule has 0 aromatic carbocycles. The molecule has 1 aromatic rings. The Hall–Kier alpha value is -0.0500. The van der Waals surface area contributed by atoms with Gasteiger partial charge in [-0.1, -0.05) is 38.3 Å². The molecule has 17 heavy (non-hydrogen) atoms. The second-order valence-corrected chi connectivity index (χ2v) is 7.14. The summed E-state index contributed by atoms with van der Waals surface area (Å²) in [5.74, 6) is 0. The summed E-state index contributed by atoms with van der Waals surface area (Å²) in [6.07, 6.45) is 5.41. The van der Waals surface area contributed by atoms with Crippen molar-refractivity contribution in [3.63, 3.8) is 0 Å². The van der Waals surface area contributed by atoms with E-state index in [0.29, 0.717) is 11.5 Å². The van der Waals surface area contributed by atoms with Crippen molar-refractivity contribution in [1.82, 2.24) is 5.32 Å². The second kappa shape index (κ2) is 5.29. The molecule has 1 N–H and O–H groups in total. The molecule has 1 unspecified atom stereocenters. The molecule has 2 rings (SSSR count). The highest BCUT2D eigenvalue weighted by molar-refractivity contribution is 7.16. The fourth-order valence-corrected chi connectivity index (χ4v) is 4.46. The molecule has 0 bridgehead atoms. The van der Waals surface area contributed by atoms with Gasteiger partial charge in [-0.25, -0.2) is 0 Å². The molecular formula is C14H22ClNS. The minimum absolute atomic E-state index is 0.413. The van der Waals surface area contributed by atoms with Crippen LogP contribution in [0.25, 0.3) is 0 Å². The quantitative estimate of drug-likeness (QED) is 0.818. The highest BCUT2D eigenvalue weighted by atomic mass is 35.5. The third-order valence-electron chi connectivity index (χ3n) is 4.01. The lowest BCUT2D eigenvalue weighted by atomic mass is 9.79. The fraction of sp³-hybridized carbons (Fsp3) is 0.714. The Balaban J connectivity index is 2.28. The van der Waals surface area contributed by atoms with Gasteiger partial charge in [0.05, 0.1) is 4.34 Å². The van der Waals surface area contributed by atoms with Crippen molar-refractivity contribution in [2.24, 2.45) is 5.41 Å². The molecule has 1 nitrogen and oxygen atoms in total. The highest BCUT2D eigenvalue weighted by Gasteiger charge is 2.38. The van der Waals surface area contributed by atoms with Crippen molar-refractivity contribution < 1.29 is 0 Å². The molecule has 1 fully saturated rings. The van der Waals surface area contributed by atoms with Crippen LogP contribution in [0.4, 0.5) is 0 Å². The zero-order valence-electron chi connectivity index (χ0n) is 11.0. The van der Waals surface area contributed by atoms with Crippen LogP contribution in [0.1, 0.15) is 56.0 Å². The van der Waals surface area contributed by atoms with Crippen LogP contribution in [0, 0.1) is 12.3 Å². The number of hydrogen-bond acceptors (Lipinski definition) is 2. The molecule has 1 heterocycles. The van der Waals surface area contributed by atoms with E-state index in [0.717, 1.165) is 10.9 Å². The maximum atomic E-state index is 6.22. The largest absolute Gasteiger partial charge is 0.309 e. The van der Waals surface area contributed by atoms with Gasteiger partial charge in [-0.15, -0.1) is 11.3 Å². The monoisotopic (exact) mass is 271 g/mol. The SMILES string of the molecule is CCNC(c1cc(C)c(Cl)s1)C1(C)CCCC1. The molecule has 3 heteroatoms. The van der Waals surface area contributed by atoms with Gasteiger partial charge in [-0.2, -0.15) is 0 Å². The van der Waals surface area contributed by atoms with E-state index in [9.17, 15) is 0 Å². The van der Waals surface area contributed by atoms with Gasteiger partial charge in [0.15, 0.2) is 0 Å². The van der Waals surface area contributed by atoms with Gasteiger partial charge in [-0.3, -0.25) is 0 Å². The molecule has 1 atom stereocenters. The smallest absolute Gasteiger partial charge is 0.0960 e. The Morgan fingerprint density at radius 1 is 1.47 bits per heavy atom. The van der Waals surface area contributed by atoms with Crippen LogP contribution >= 0.6 is 22.9 Å². The van der Waals surface area contributed by atoms with Gasteiger partial charge in [0.2, 0.25) is 0 Å². The number of thiophene rings is 1. The van der Waals surface area contributed by atoms with Crippen molar-refractivity contribution >= 4 is 22.9 Å². The number of hydrogen-bond donors (Lipinski definition) is 1. The van der Waals surface area contributed by atoms with Gasteiger partial charge in [0.25, 0.3) is 0 Å². The van der Waals surface area contributed by atoms with Crippen LogP contribution in [-0.4, -0.2) is 6.54 Å². The molecule has 96 valence electrons. The maximum Gasteiger partial charge on any atom is 0.0960 e. The van der Waals surface area contributed by atoms with Crippen LogP contribution in [0.2, 0.25) is 4.34 Å². The predicted molar refractivity (Wildman–Crippen MR) is 77.1 cm³/mol. The molecule has 1 saturated carbocycles. The first-order valence-corrected chi connectivity index (χ1v) is 7.75. The summed E-state index contributed by atoms with van der Waals surface area (Å²) in [5, 5.41) is 3.67. The molecule has 0 radical (unpaired) electrons. The van der Waals surface area contributed by atoms with E-state index in [1.807, 2.05) is 0 Å². The zero-order chi connectivity index (χ0) is 12.5. The Morgan fingerprint density at radius 2 is 2.12 bits per heavy atom. The lowest BCUT2D eigenvalue weighted by molar-refractivity contribution is 0.229. The van der Waals surface area contributed by atoms with E-state index >= 15 is 0 Å². The summed E-state index contributed by atoms with van der Waals surface area (Å²) in [6, 6.07) is 2.75. The van der Waals surface area contributed by atoms with Crippen molar-refractivity contribution in [1.29, 1.82) is 0 Å². The summed E-state index contributed by atoms with van der Waals surface area (Å²) in [5.41, 5.74) is 1.63. The van der Waals surface area contributed by atoms with Crippen molar-refractivity contribution in [3.05, 3.63) is 20.8 Å². The molecule has 0 amide bonds. The molecule has 1 aliphatic carbocycles. The van der Waals surface area contributed by atoms with Crippen LogP contribution in [-0.2, 0) is 0 Å². The summed E-state index contributed by atoms with van der Waals surface area (Å²) in [6.45, 7) is 7.74. The van der Waals surface area contributed by atoms with E-state index in [1.54, 1.807) is 11.3 Å². The van der Waals surface area contributed by atoms with E-state index in [2.05, 4.69) is 32.2 Å². The van der Waals surface area contributed by atoms with Gasteiger partial charge >= 0.3 is 0 Å². The third kappa shape index (κ3) is 2.69. The number of nitrogens with one attached hydrogen (secondary N) is 1. The topological polar surface area (TPSA) is 12.0 Å². The normalized spacial score (nSPS) is 20.7. The Morgan fingerprint density at radius 3 is 2.59 bits per heavy atom. The van der Waals surface area contributed by atoms with Crippen LogP contribution in [0.5, 0.6) is 0 Å². The first kappa shape index (κ1) is 13.4. The van der Waals surface area contributed by atoms with Crippen LogP contribution in [0.3, 0.4) is 0 Å². The first-order chi connectivity index (χ1) is 8.07. The summed E-state index contributed by atoms with van der Waals surface area (Å²) in [4.78, 5) is 1.42. The Bertz CT molecular complexity index is 360. The lowest BCUT2D eigenvalue weighted by Crippen LogP contribution is -2.33.